The highest BCUT2D eigenvalue weighted by molar-refractivity contribution is 7.98. The number of carbonyl (C=O) groups excluding carboxylic acids is 2. The summed E-state index contributed by atoms with van der Waals surface area (Å²) in [4.78, 5) is 37.0. The average Bonchev–Trinajstić information content (AvgIpc) is 3.12. The van der Waals surface area contributed by atoms with Gasteiger partial charge in [-0.15, -0.1) is 0 Å². The Morgan fingerprint density at radius 1 is 1.16 bits per heavy atom. The molecule has 1 atom stereocenters. The van der Waals surface area contributed by atoms with E-state index in [4.69, 9.17) is 13.6 Å². The smallest absolute Gasteiger partial charge is 0.339 e. The normalized spacial score (nSPS) is 12.3. The highest BCUT2D eigenvalue weighted by atomic mass is 32.2. The molecule has 0 aliphatic heterocycles. The summed E-state index contributed by atoms with van der Waals surface area (Å²) in [5.41, 5.74) is 3.78. The standard InChI is InChI=1S/C23H27NO6S/c1-12-11-29-20-14(3)21-17(10-16(12)20)13(2)15(22(26)30-21)6-7-19(25)24-18(8-9-31-5)23(27)28-4/h10-11,18H,6-9H2,1-5H3,(H,24,25)/t18-/m0/s1. The summed E-state index contributed by atoms with van der Waals surface area (Å²) in [6, 6.07) is 1.27. The van der Waals surface area contributed by atoms with Crippen molar-refractivity contribution in [2.75, 3.05) is 19.1 Å². The van der Waals surface area contributed by atoms with Gasteiger partial charge in [-0.3, -0.25) is 4.79 Å². The largest absolute Gasteiger partial charge is 0.467 e. The number of hydrogen-bond acceptors (Lipinski definition) is 7. The fraction of sp³-hybridized carbons (Fsp3) is 0.435. The van der Waals surface area contributed by atoms with Crippen molar-refractivity contribution in [3.8, 4) is 0 Å². The third-order valence-corrected chi connectivity index (χ3v) is 6.21. The molecule has 0 saturated heterocycles. The molecule has 0 fully saturated rings. The first-order chi connectivity index (χ1) is 14.8. The Kier molecular flexibility index (Phi) is 7.10. The monoisotopic (exact) mass is 445 g/mol. The first-order valence-corrected chi connectivity index (χ1v) is 11.5. The van der Waals surface area contributed by atoms with E-state index in [0.29, 0.717) is 28.9 Å². The van der Waals surface area contributed by atoms with E-state index >= 15 is 0 Å². The van der Waals surface area contributed by atoms with E-state index in [1.165, 1.54) is 7.11 Å². The summed E-state index contributed by atoms with van der Waals surface area (Å²) in [5.74, 6) is -0.0687. The van der Waals surface area contributed by atoms with Crippen LogP contribution in [0.1, 0.15) is 35.1 Å². The van der Waals surface area contributed by atoms with E-state index in [0.717, 1.165) is 27.5 Å². The van der Waals surface area contributed by atoms with Crippen LogP contribution in [0.3, 0.4) is 0 Å². The lowest BCUT2D eigenvalue weighted by Crippen LogP contribution is -2.42. The summed E-state index contributed by atoms with van der Waals surface area (Å²) in [5, 5.41) is 4.52. The molecule has 2 aromatic heterocycles. The molecule has 0 aliphatic carbocycles. The number of methoxy groups -OCH3 is 1. The second-order valence-electron chi connectivity index (χ2n) is 7.59. The van der Waals surface area contributed by atoms with Crippen molar-refractivity contribution < 1.29 is 23.2 Å². The molecule has 3 rings (SSSR count). The highest BCUT2D eigenvalue weighted by Gasteiger charge is 2.22. The van der Waals surface area contributed by atoms with Gasteiger partial charge >= 0.3 is 11.6 Å². The number of rotatable bonds is 8. The Balaban J connectivity index is 1.85. The number of hydrogen-bond donors (Lipinski definition) is 1. The highest BCUT2D eigenvalue weighted by Crippen LogP contribution is 2.32. The third kappa shape index (κ3) is 4.63. The van der Waals surface area contributed by atoms with Crippen LogP contribution in [0.5, 0.6) is 0 Å². The average molecular weight is 446 g/mol. The second-order valence-corrected chi connectivity index (χ2v) is 8.58. The van der Waals surface area contributed by atoms with Gasteiger partial charge in [0.15, 0.2) is 0 Å². The Bertz CT molecular complexity index is 1190. The van der Waals surface area contributed by atoms with Crippen LogP contribution in [-0.2, 0) is 20.7 Å². The molecule has 1 amide bonds. The molecule has 0 bridgehead atoms. The van der Waals surface area contributed by atoms with E-state index in [2.05, 4.69) is 5.32 Å². The van der Waals surface area contributed by atoms with Crippen LogP contribution in [0.25, 0.3) is 21.9 Å². The first-order valence-electron chi connectivity index (χ1n) is 10.1. The lowest BCUT2D eigenvalue weighted by atomic mass is 9.98. The summed E-state index contributed by atoms with van der Waals surface area (Å²) in [6.45, 7) is 5.69. The number of amides is 1. The number of esters is 1. The lowest BCUT2D eigenvalue weighted by molar-refractivity contribution is -0.145. The zero-order valence-corrected chi connectivity index (χ0v) is 19.2. The molecule has 31 heavy (non-hydrogen) atoms. The molecule has 0 radical (unpaired) electrons. The Morgan fingerprint density at radius 2 is 1.90 bits per heavy atom. The van der Waals surface area contributed by atoms with Crippen molar-refractivity contribution in [1.29, 1.82) is 0 Å². The molecule has 1 N–H and O–H groups in total. The molecule has 1 aromatic carbocycles. The zero-order valence-electron chi connectivity index (χ0n) is 18.4. The van der Waals surface area contributed by atoms with Crippen LogP contribution in [0.4, 0.5) is 0 Å². The van der Waals surface area contributed by atoms with Crippen LogP contribution in [0.2, 0.25) is 0 Å². The van der Waals surface area contributed by atoms with Crippen LogP contribution in [-0.4, -0.2) is 37.0 Å². The number of carbonyl (C=O) groups is 2. The minimum Gasteiger partial charge on any atom is -0.467 e. The number of nitrogens with one attached hydrogen (secondary N) is 1. The summed E-state index contributed by atoms with van der Waals surface area (Å²) in [7, 11) is 1.30. The van der Waals surface area contributed by atoms with Crippen molar-refractivity contribution in [1.82, 2.24) is 5.32 Å². The molecule has 7 nitrogen and oxygen atoms in total. The van der Waals surface area contributed by atoms with Crippen LogP contribution < -0.4 is 10.9 Å². The van der Waals surface area contributed by atoms with Crippen LogP contribution >= 0.6 is 11.8 Å². The summed E-state index contributed by atoms with van der Waals surface area (Å²) < 4.78 is 16.0. The maximum atomic E-state index is 12.7. The molecule has 166 valence electrons. The first kappa shape index (κ1) is 22.9. The fourth-order valence-electron chi connectivity index (χ4n) is 3.74. The molecular formula is C23H27NO6S. The molecule has 8 heteroatoms. The molecule has 0 spiro atoms. The van der Waals surface area contributed by atoms with Gasteiger partial charge in [-0.1, -0.05) is 0 Å². The lowest BCUT2D eigenvalue weighted by Gasteiger charge is -2.16. The van der Waals surface area contributed by atoms with Gasteiger partial charge in [-0.25, -0.2) is 9.59 Å². The quantitative estimate of drug-likeness (QED) is 0.416. The molecule has 2 heterocycles. The van der Waals surface area contributed by atoms with Crippen LogP contribution in [0, 0.1) is 20.8 Å². The minimum absolute atomic E-state index is 0.0653. The number of aryl methyl sites for hydroxylation is 3. The van der Waals surface area contributed by atoms with Crippen molar-refractivity contribution in [2.45, 2.75) is 46.1 Å². The van der Waals surface area contributed by atoms with E-state index in [1.807, 2.05) is 33.1 Å². The van der Waals surface area contributed by atoms with Crippen molar-refractivity contribution >= 4 is 45.6 Å². The number of benzene rings is 1. The van der Waals surface area contributed by atoms with Crippen LogP contribution in [0.15, 0.2) is 26.0 Å². The molecular weight excluding hydrogens is 418 g/mol. The van der Waals surface area contributed by atoms with Crippen molar-refractivity contribution in [3.63, 3.8) is 0 Å². The Morgan fingerprint density at radius 3 is 2.58 bits per heavy atom. The van der Waals surface area contributed by atoms with E-state index in [1.54, 1.807) is 18.0 Å². The fourth-order valence-corrected chi connectivity index (χ4v) is 4.21. The number of fused-ring (bicyclic) bond motifs is 2. The zero-order chi connectivity index (χ0) is 22.7. The number of ether oxygens (including phenoxy) is 1. The second kappa shape index (κ2) is 9.60. The van der Waals surface area contributed by atoms with Gasteiger partial charge in [0.1, 0.15) is 17.2 Å². The maximum Gasteiger partial charge on any atom is 0.339 e. The van der Waals surface area contributed by atoms with Gasteiger partial charge in [0.25, 0.3) is 0 Å². The predicted octanol–water partition coefficient (Wildman–Crippen LogP) is 3.81. The van der Waals surface area contributed by atoms with Gasteiger partial charge in [0.2, 0.25) is 5.91 Å². The molecule has 0 saturated carbocycles. The maximum absolute atomic E-state index is 12.7. The Labute approximate surface area is 184 Å². The summed E-state index contributed by atoms with van der Waals surface area (Å²) in [6.07, 6.45) is 4.38. The van der Waals surface area contributed by atoms with Crippen molar-refractivity contribution in [3.05, 3.63) is 45.0 Å². The molecule has 3 aromatic rings. The van der Waals surface area contributed by atoms with Crippen molar-refractivity contribution in [2.24, 2.45) is 0 Å². The molecule has 0 unspecified atom stereocenters. The SMILES string of the molecule is COC(=O)[C@H](CCSC)NC(=O)CCc1c(C)c2cc3c(C)coc3c(C)c2oc1=O. The van der Waals surface area contributed by atoms with Gasteiger partial charge in [-0.2, -0.15) is 11.8 Å². The number of furan rings is 1. The van der Waals surface area contributed by atoms with E-state index in [-0.39, 0.29) is 18.7 Å². The molecule has 0 aliphatic rings. The topological polar surface area (TPSA) is 98.8 Å². The summed E-state index contributed by atoms with van der Waals surface area (Å²) >= 11 is 1.58. The minimum atomic E-state index is -0.695. The van der Waals surface area contributed by atoms with Gasteiger partial charge in [-0.05, 0) is 62.8 Å². The van der Waals surface area contributed by atoms with E-state index < -0.39 is 17.6 Å². The van der Waals surface area contributed by atoms with Gasteiger partial charge in [0, 0.05) is 28.3 Å². The van der Waals surface area contributed by atoms with E-state index in [9.17, 15) is 14.4 Å². The number of thioether (sulfide) groups is 1. The van der Waals surface area contributed by atoms with Gasteiger partial charge in [0.05, 0.1) is 13.4 Å². The predicted molar refractivity (Wildman–Crippen MR) is 122 cm³/mol. The third-order valence-electron chi connectivity index (χ3n) is 5.57. The van der Waals surface area contributed by atoms with Gasteiger partial charge < -0.3 is 18.9 Å². The Hall–Kier alpha value is -2.74.